The number of rotatable bonds is 3. The number of hydrogen-bond acceptors (Lipinski definition) is 4. The number of benzene rings is 2. The lowest BCUT2D eigenvalue weighted by Crippen LogP contribution is -2.51. The summed E-state index contributed by atoms with van der Waals surface area (Å²) in [6.45, 7) is 2.22. The second-order valence-electron chi connectivity index (χ2n) is 8.95. The third-order valence-corrected chi connectivity index (χ3v) is 7.78. The van der Waals surface area contributed by atoms with Crippen LogP contribution in [0.5, 0.6) is 0 Å². The van der Waals surface area contributed by atoms with E-state index in [0.29, 0.717) is 17.1 Å². The van der Waals surface area contributed by atoms with E-state index in [0.717, 1.165) is 43.2 Å². The molecular formula is C25H26FN3O3S. The summed E-state index contributed by atoms with van der Waals surface area (Å²) < 4.78 is 30.6. The summed E-state index contributed by atoms with van der Waals surface area (Å²) in [7, 11) is -1.68. The molecule has 3 unspecified atom stereocenters. The number of aliphatic hydroxyl groups is 1. The molecule has 1 fully saturated rings. The zero-order valence-electron chi connectivity index (χ0n) is 18.4. The highest BCUT2D eigenvalue weighted by Crippen LogP contribution is 2.39. The minimum atomic E-state index is -1.68. The number of amides is 1. The van der Waals surface area contributed by atoms with Gasteiger partial charge in [0.1, 0.15) is 17.1 Å². The van der Waals surface area contributed by atoms with Crippen molar-refractivity contribution < 1.29 is 18.5 Å². The molecule has 1 aliphatic carbocycles. The fourth-order valence-electron chi connectivity index (χ4n) is 5.04. The maximum atomic E-state index is 13.8. The largest absolute Gasteiger partial charge is 0.511 e. The van der Waals surface area contributed by atoms with Gasteiger partial charge in [0.2, 0.25) is 0 Å². The van der Waals surface area contributed by atoms with Crippen molar-refractivity contribution in [2.24, 2.45) is 10.3 Å². The first kappa shape index (κ1) is 21.8. The molecule has 0 bridgehead atoms. The van der Waals surface area contributed by atoms with Gasteiger partial charge in [-0.25, -0.2) is 8.60 Å². The molecule has 8 heteroatoms. The van der Waals surface area contributed by atoms with Crippen molar-refractivity contribution in [1.29, 1.82) is 0 Å². The number of halogens is 1. The second-order valence-corrected chi connectivity index (χ2v) is 10.1. The van der Waals surface area contributed by atoms with Crippen LogP contribution in [0.2, 0.25) is 0 Å². The predicted octanol–water partition coefficient (Wildman–Crippen LogP) is 4.78. The van der Waals surface area contributed by atoms with E-state index in [1.54, 1.807) is 23.1 Å². The van der Waals surface area contributed by atoms with Crippen LogP contribution < -0.4 is 5.32 Å². The smallest absolute Gasteiger partial charge is 0.261 e. The number of aryl methyl sites for hydroxylation is 1. The van der Waals surface area contributed by atoms with E-state index >= 15 is 0 Å². The zero-order valence-corrected chi connectivity index (χ0v) is 19.2. The molecule has 2 heterocycles. The normalized spacial score (nSPS) is 25.0. The van der Waals surface area contributed by atoms with Crippen LogP contribution in [-0.4, -0.2) is 32.0 Å². The van der Waals surface area contributed by atoms with Crippen LogP contribution in [0.15, 0.2) is 63.1 Å². The minimum absolute atomic E-state index is 0.0288. The first-order valence-corrected chi connectivity index (χ1v) is 12.4. The van der Waals surface area contributed by atoms with Gasteiger partial charge in [-0.3, -0.25) is 4.79 Å². The predicted molar refractivity (Wildman–Crippen MR) is 126 cm³/mol. The Hall–Kier alpha value is -3.00. The van der Waals surface area contributed by atoms with E-state index in [1.165, 1.54) is 12.1 Å². The number of carbonyl (C=O) groups is 1. The Morgan fingerprint density at radius 1 is 1.15 bits per heavy atom. The maximum Gasteiger partial charge on any atom is 0.261 e. The molecule has 0 saturated heterocycles. The number of nitrogens with one attached hydrogen (secondary N) is 1. The third kappa shape index (κ3) is 4.08. The highest BCUT2D eigenvalue weighted by molar-refractivity contribution is 7.84. The van der Waals surface area contributed by atoms with E-state index in [-0.39, 0.29) is 40.9 Å². The molecule has 3 atom stereocenters. The molecule has 6 nitrogen and oxygen atoms in total. The van der Waals surface area contributed by atoms with E-state index in [9.17, 15) is 18.5 Å². The Labute approximate surface area is 194 Å². The highest BCUT2D eigenvalue weighted by Gasteiger charge is 2.44. The van der Waals surface area contributed by atoms with Crippen LogP contribution in [0.25, 0.3) is 0 Å². The van der Waals surface area contributed by atoms with Crippen molar-refractivity contribution in [3.05, 3.63) is 70.7 Å². The van der Waals surface area contributed by atoms with Gasteiger partial charge in [-0.2, -0.15) is 4.40 Å². The van der Waals surface area contributed by atoms with Gasteiger partial charge in [0, 0.05) is 18.5 Å². The molecule has 5 rings (SSSR count). The number of aliphatic hydroxyl groups excluding tert-OH is 1. The number of hydrogen-bond donors (Lipinski definition) is 2. The summed E-state index contributed by atoms with van der Waals surface area (Å²) in [6, 6.07) is 11.5. The molecule has 0 aromatic heterocycles. The van der Waals surface area contributed by atoms with Gasteiger partial charge in [-0.1, -0.05) is 37.5 Å². The highest BCUT2D eigenvalue weighted by atomic mass is 32.2. The average Bonchev–Trinajstić information content (AvgIpc) is 3.05. The van der Waals surface area contributed by atoms with E-state index < -0.39 is 11.0 Å². The standard InChI is InChI=1S/C25H26FN3O3S/c1-15-7-12-19-21(13-15)33(32)28-24(27-19)22-23(30)18-5-3-2-4-6-20(18)29(25(22)31)14-16-8-10-17(26)11-9-16/h7-13,18,20,30H,2-6,14H2,1H3,(H,27,28). The fraction of sp³-hybridized carbons (Fsp3) is 0.360. The lowest BCUT2D eigenvalue weighted by molar-refractivity contribution is -0.132. The first-order chi connectivity index (χ1) is 15.9. The van der Waals surface area contributed by atoms with Gasteiger partial charge in [0.15, 0.2) is 16.8 Å². The van der Waals surface area contributed by atoms with E-state index in [2.05, 4.69) is 9.71 Å². The fourth-order valence-corrected chi connectivity index (χ4v) is 6.03. The summed E-state index contributed by atoms with van der Waals surface area (Å²) in [5.74, 6) is -0.719. The van der Waals surface area contributed by atoms with Crippen molar-refractivity contribution in [1.82, 2.24) is 4.90 Å². The Morgan fingerprint density at radius 2 is 1.91 bits per heavy atom. The number of carbonyl (C=O) groups excluding carboxylic acids is 1. The summed E-state index contributed by atoms with van der Waals surface area (Å²) >= 11 is 0. The van der Waals surface area contributed by atoms with Crippen molar-refractivity contribution in [3.63, 3.8) is 0 Å². The molecule has 2 N–H and O–H groups in total. The molecule has 1 saturated carbocycles. The minimum Gasteiger partial charge on any atom is -0.511 e. The molecule has 1 amide bonds. The number of amidine groups is 1. The molecule has 0 spiro atoms. The molecule has 2 aliphatic heterocycles. The third-order valence-electron chi connectivity index (χ3n) is 6.72. The Kier molecular flexibility index (Phi) is 5.78. The molecular weight excluding hydrogens is 441 g/mol. The maximum absolute atomic E-state index is 13.8. The van der Waals surface area contributed by atoms with Crippen molar-refractivity contribution >= 4 is 28.4 Å². The number of nitrogens with zero attached hydrogens (tertiary/aromatic N) is 2. The van der Waals surface area contributed by atoms with Crippen molar-refractivity contribution in [2.45, 2.75) is 56.5 Å². The second kappa shape index (κ2) is 8.74. The summed E-state index contributed by atoms with van der Waals surface area (Å²) in [4.78, 5) is 16.1. The van der Waals surface area contributed by atoms with Crippen LogP contribution in [0.4, 0.5) is 10.1 Å². The van der Waals surface area contributed by atoms with Crippen LogP contribution in [-0.2, 0) is 22.3 Å². The number of anilines is 1. The van der Waals surface area contributed by atoms with E-state index in [4.69, 9.17) is 0 Å². The molecule has 172 valence electrons. The average molecular weight is 468 g/mol. The lowest BCUT2D eigenvalue weighted by atomic mass is 9.84. The van der Waals surface area contributed by atoms with Gasteiger partial charge in [-0.15, -0.1) is 0 Å². The summed E-state index contributed by atoms with van der Waals surface area (Å²) in [5, 5.41) is 14.4. The zero-order chi connectivity index (χ0) is 23.1. The molecule has 2 aromatic rings. The van der Waals surface area contributed by atoms with Crippen LogP contribution >= 0.6 is 0 Å². The lowest BCUT2D eigenvalue weighted by Gasteiger charge is -2.41. The van der Waals surface area contributed by atoms with Gasteiger partial charge in [0.25, 0.3) is 5.91 Å². The SMILES string of the molecule is Cc1ccc2c(c1)S(=O)N=C(C1=C(O)C3CCCCCC3N(Cc3ccc(F)cc3)C1=O)N2. The topological polar surface area (TPSA) is 82.0 Å². The molecule has 0 radical (unpaired) electrons. The van der Waals surface area contributed by atoms with Gasteiger partial charge in [0.05, 0.1) is 10.6 Å². The quantitative estimate of drug-likeness (QED) is 0.680. The van der Waals surface area contributed by atoms with Crippen LogP contribution in [0.1, 0.15) is 43.2 Å². The van der Waals surface area contributed by atoms with Crippen LogP contribution in [0, 0.1) is 18.7 Å². The molecule has 2 aromatic carbocycles. The van der Waals surface area contributed by atoms with Gasteiger partial charge < -0.3 is 15.3 Å². The van der Waals surface area contributed by atoms with Gasteiger partial charge in [-0.05, 0) is 55.2 Å². The summed E-state index contributed by atoms with van der Waals surface area (Å²) in [5.41, 5.74) is 2.48. The van der Waals surface area contributed by atoms with E-state index in [1.807, 2.05) is 19.1 Å². The Balaban J connectivity index is 1.55. The van der Waals surface area contributed by atoms with Crippen molar-refractivity contribution in [2.75, 3.05) is 5.32 Å². The van der Waals surface area contributed by atoms with Gasteiger partial charge >= 0.3 is 0 Å². The molecule has 33 heavy (non-hydrogen) atoms. The first-order valence-electron chi connectivity index (χ1n) is 11.3. The molecule has 3 aliphatic rings. The summed E-state index contributed by atoms with van der Waals surface area (Å²) in [6.07, 6.45) is 4.55. The number of fused-ring (bicyclic) bond motifs is 2. The Morgan fingerprint density at radius 3 is 2.70 bits per heavy atom. The monoisotopic (exact) mass is 467 g/mol. The van der Waals surface area contributed by atoms with Crippen molar-refractivity contribution in [3.8, 4) is 0 Å². The van der Waals surface area contributed by atoms with Crippen LogP contribution in [0.3, 0.4) is 0 Å². The Bertz CT molecular complexity index is 1190.